The van der Waals surface area contributed by atoms with E-state index in [4.69, 9.17) is 11.6 Å². The molecule has 0 heterocycles. The Bertz CT molecular complexity index is 521. The van der Waals surface area contributed by atoms with Crippen LogP contribution in [0.3, 0.4) is 0 Å². The molecule has 0 spiro atoms. The van der Waals surface area contributed by atoms with E-state index in [2.05, 4.69) is 5.32 Å². The Morgan fingerprint density at radius 1 is 1.14 bits per heavy atom. The molecule has 1 unspecified atom stereocenters. The van der Waals surface area contributed by atoms with Crippen molar-refractivity contribution in [2.45, 2.75) is 44.6 Å². The van der Waals surface area contributed by atoms with Gasteiger partial charge < -0.3 is 5.32 Å². The molecule has 4 aliphatic rings. The van der Waals surface area contributed by atoms with E-state index in [1.165, 1.54) is 44.6 Å². The molecule has 21 heavy (non-hydrogen) atoms. The predicted molar refractivity (Wildman–Crippen MR) is 83.8 cm³/mol. The molecule has 3 heteroatoms. The van der Waals surface area contributed by atoms with E-state index in [1.54, 1.807) is 0 Å². The van der Waals surface area contributed by atoms with Crippen LogP contribution in [0.4, 0.5) is 4.39 Å². The van der Waals surface area contributed by atoms with Crippen LogP contribution in [-0.2, 0) is 0 Å². The van der Waals surface area contributed by atoms with Gasteiger partial charge in [-0.15, -0.1) is 0 Å². The summed E-state index contributed by atoms with van der Waals surface area (Å²) in [6.45, 7) is 0. The van der Waals surface area contributed by atoms with Gasteiger partial charge in [0.15, 0.2) is 0 Å². The quantitative estimate of drug-likeness (QED) is 0.832. The Balaban J connectivity index is 1.72. The number of halogens is 2. The summed E-state index contributed by atoms with van der Waals surface area (Å²) in [5, 5.41) is 3.94. The van der Waals surface area contributed by atoms with Gasteiger partial charge in [-0.2, -0.15) is 0 Å². The number of hydrogen-bond donors (Lipinski definition) is 1. The van der Waals surface area contributed by atoms with E-state index in [0.717, 1.165) is 23.3 Å². The summed E-state index contributed by atoms with van der Waals surface area (Å²) < 4.78 is 14.4. The summed E-state index contributed by atoms with van der Waals surface area (Å²) in [6, 6.07) is 5.30. The second kappa shape index (κ2) is 4.96. The third kappa shape index (κ3) is 2.22. The van der Waals surface area contributed by atoms with E-state index in [9.17, 15) is 4.39 Å². The first-order valence-corrected chi connectivity index (χ1v) is 8.59. The lowest BCUT2D eigenvalue weighted by molar-refractivity contribution is -0.0741. The van der Waals surface area contributed by atoms with Gasteiger partial charge in [0.2, 0.25) is 0 Å². The fourth-order valence-electron chi connectivity index (χ4n) is 6.06. The summed E-state index contributed by atoms with van der Waals surface area (Å²) >= 11 is 5.92. The highest BCUT2D eigenvalue weighted by atomic mass is 35.5. The molecule has 1 aromatic rings. The summed E-state index contributed by atoms with van der Waals surface area (Å²) in [5.74, 6) is 2.48. The van der Waals surface area contributed by atoms with Crippen molar-refractivity contribution in [3.63, 3.8) is 0 Å². The zero-order chi connectivity index (χ0) is 14.6. The van der Waals surface area contributed by atoms with Crippen molar-refractivity contribution >= 4 is 11.6 Å². The molecule has 1 N–H and O–H groups in total. The Morgan fingerprint density at radius 2 is 1.71 bits per heavy atom. The van der Waals surface area contributed by atoms with Crippen LogP contribution in [0.25, 0.3) is 0 Å². The van der Waals surface area contributed by atoms with Crippen molar-refractivity contribution in [3.05, 3.63) is 34.6 Å². The van der Waals surface area contributed by atoms with Crippen molar-refractivity contribution in [2.24, 2.45) is 23.2 Å². The smallest absolute Gasteiger partial charge is 0.129 e. The van der Waals surface area contributed by atoms with E-state index in [-0.39, 0.29) is 17.3 Å². The molecule has 4 saturated carbocycles. The number of rotatable bonds is 3. The Morgan fingerprint density at radius 3 is 2.19 bits per heavy atom. The maximum atomic E-state index is 14.4. The zero-order valence-corrected chi connectivity index (χ0v) is 13.3. The third-order valence-electron chi connectivity index (χ3n) is 6.26. The molecule has 1 nitrogen and oxygen atoms in total. The van der Waals surface area contributed by atoms with Crippen LogP contribution in [0, 0.1) is 29.0 Å². The Labute approximate surface area is 131 Å². The van der Waals surface area contributed by atoms with Gasteiger partial charge in [0.1, 0.15) is 5.82 Å². The highest BCUT2D eigenvalue weighted by molar-refractivity contribution is 6.30. The average molecular weight is 308 g/mol. The van der Waals surface area contributed by atoms with Crippen LogP contribution in [0.15, 0.2) is 18.2 Å². The number of hydrogen-bond acceptors (Lipinski definition) is 1. The normalized spacial score (nSPS) is 38.7. The van der Waals surface area contributed by atoms with Crippen molar-refractivity contribution in [1.29, 1.82) is 0 Å². The molecule has 5 rings (SSSR count). The molecule has 0 saturated heterocycles. The molecule has 0 radical (unpaired) electrons. The number of benzene rings is 1. The van der Waals surface area contributed by atoms with Crippen molar-refractivity contribution in [3.8, 4) is 0 Å². The molecule has 4 aliphatic carbocycles. The predicted octanol–water partition coefficient (Wildman–Crippen LogP) is 4.96. The monoisotopic (exact) mass is 307 g/mol. The van der Waals surface area contributed by atoms with Gasteiger partial charge in [-0.05, 0) is 80.9 Å². The Hall–Kier alpha value is -0.600. The van der Waals surface area contributed by atoms with Crippen molar-refractivity contribution < 1.29 is 4.39 Å². The molecule has 1 atom stereocenters. The fourth-order valence-corrected chi connectivity index (χ4v) is 6.22. The maximum absolute atomic E-state index is 14.4. The molecule has 4 bridgehead atoms. The first kappa shape index (κ1) is 14.0. The largest absolute Gasteiger partial charge is 0.312 e. The summed E-state index contributed by atoms with van der Waals surface area (Å²) in [5.41, 5.74) is 1.07. The minimum absolute atomic E-state index is 0.128. The van der Waals surface area contributed by atoms with E-state index < -0.39 is 0 Å². The first-order chi connectivity index (χ1) is 10.1. The zero-order valence-electron chi connectivity index (χ0n) is 12.5. The first-order valence-electron chi connectivity index (χ1n) is 8.22. The topological polar surface area (TPSA) is 12.0 Å². The van der Waals surface area contributed by atoms with Crippen molar-refractivity contribution in [2.75, 3.05) is 7.05 Å². The second-order valence-electron chi connectivity index (χ2n) is 7.67. The molecular weight excluding hydrogens is 285 g/mol. The highest BCUT2D eigenvalue weighted by Crippen LogP contribution is 2.64. The van der Waals surface area contributed by atoms with Gasteiger partial charge in [0, 0.05) is 16.6 Å². The second-order valence-corrected chi connectivity index (χ2v) is 8.10. The lowest BCUT2D eigenvalue weighted by atomic mass is 9.47. The molecule has 1 aromatic carbocycles. The average Bonchev–Trinajstić information content (AvgIpc) is 2.40. The minimum Gasteiger partial charge on any atom is -0.312 e. The van der Waals surface area contributed by atoms with E-state index in [1.807, 2.05) is 19.2 Å². The maximum Gasteiger partial charge on any atom is 0.129 e. The summed E-state index contributed by atoms with van der Waals surface area (Å²) in [7, 11) is 1.98. The van der Waals surface area contributed by atoms with Gasteiger partial charge in [-0.25, -0.2) is 4.39 Å². The van der Waals surface area contributed by atoms with Crippen LogP contribution in [0.5, 0.6) is 0 Å². The third-order valence-corrected chi connectivity index (χ3v) is 6.50. The van der Waals surface area contributed by atoms with Crippen molar-refractivity contribution in [1.82, 2.24) is 5.32 Å². The van der Waals surface area contributed by atoms with E-state index in [0.29, 0.717) is 5.02 Å². The van der Waals surface area contributed by atoms with Gasteiger partial charge in [-0.1, -0.05) is 17.7 Å². The number of nitrogens with one attached hydrogen (secondary N) is 1. The Kier molecular flexibility index (Phi) is 3.31. The molecule has 4 fully saturated rings. The molecular formula is C18H23ClFN. The van der Waals surface area contributed by atoms with Crippen LogP contribution in [0.1, 0.15) is 50.1 Å². The minimum atomic E-state index is -0.155. The molecule has 0 aliphatic heterocycles. The van der Waals surface area contributed by atoms with Gasteiger partial charge in [-0.3, -0.25) is 0 Å². The van der Waals surface area contributed by atoms with Gasteiger partial charge in [0.25, 0.3) is 0 Å². The van der Waals surface area contributed by atoms with Crippen LogP contribution >= 0.6 is 11.6 Å². The van der Waals surface area contributed by atoms with Gasteiger partial charge in [0.05, 0.1) is 0 Å². The molecule has 0 amide bonds. The SMILES string of the molecule is CNC(c1ccc(Cl)cc1F)C12CC3CC(CC(C3)C1)C2. The highest BCUT2D eigenvalue weighted by Gasteiger charge is 2.54. The standard InChI is InChI=1S/C18H23ClFN/c1-21-17(15-3-2-14(19)7-16(15)20)18-8-11-4-12(9-18)6-13(5-11)10-18/h2-3,7,11-13,17,21H,4-6,8-10H2,1H3. The summed E-state index contributed by atoms with van der Waals surface area (Å²) in [4.78, 5) is 0. The lowest BCUT2D eigenvalue weighted by Crippen LogP contribution is -2.51. The molecule has 114 valence electrons. The van der Waals surface area contributed by atoms with Crippen LogP contribution in [0.2, 0.25) is 5.02 Å². The van der Waals surface area contributed by atoms with Crippen LogP contribution < -0.4 is 5.32 Å². The molecule has 0 aromatic heterocycles. The summed E-state index contributed by atoms with van der Waals surface area (Å²) in [6.07, 6.45) is 8.06. The van der Waals surface area contributed by atoms with E-state index >= 15 is 0 Å². The fraction of sp³-hybridized carbons (Fsp3) is 0.667. The lowest BCUT2D eigenvalue weighted by Gasteiger charge is -2.59. The van der Waals surface area contributed by atoms with Gasteiger partial charge >= 0.3 is 0 Å². The van der Waals surface area contributed by atoms with Crippen LogP contribution in [-0.4, -0.2) is 7.05 Å².